The van der Waals surface area contributed by atoms with Crippen LogP contribution in [0.3, 0.4) is 0 Å². The van der Waals surface area contributed by atoms with Crippen molar-refractivity contribution < 1.29 is 18.7 Å². The normalized spacial score (nSPS) is 12.5. The lowest BCUT2D eigenvalue weighted by molar-refractivity contribution is 0.0595. The molecule has 0 N–H and O–H groups in total. The second-order valence-corrected chi connectivity index (χ2v) is 6.74. The molecule has 4 rings (SSSR count). The molecule has 0 atom stereocenters. The third kappa shape index (κ3) is 4.15. The number of esters is 1. The predicted octanol–water partition coefficient (Wildman–Crippen LogP) is 5.84. The molecule has 0 bridgehead atoms. The van der Waals surface area contributed by atoms with Crippen LogP contribution in [0.2, 0.25) is 5.02 Å². The molecule has 0 saturated carbocycles. The number of anilines is 1. The van der Waals surface area contributed by atoms with Crippen LogP contribution < -0.4 is 9.64 Å². The van der Waals surface area contributed by atoms with E-state index in [1.807, 2.05) is 43.0 Å². The van der Waals surface area contributed by atoms with Crippen LogP contribution in [0.25, 0.3) is 10.8 Å². The molecule has 3 aromatic rings. The number of nitrogens with zero attached hydrogens (tertiary/aromatic N) is 1. The van der Waals surface area contributed by atoms with Crippen LogP contribution in [0.4, 0.5) is 10.1 Å². The van der Waals surface area contributed by atoms with Gasteiger partial charge in [-0.05, 0) is 22.4 Å². The van der Waals surface area contributed by atoms with Crippen molar-refractivity contribution in [2.75, 3.05) is 25.2 Å². The summed E-state index contributed by atoms with van der Waals surface area (Å²) in [5.74, 6) is -1.19. The highest BCUT2D eigenvalue weighted by molar-refractivity contribution is 6.31. The highest BCUT2D eigenvalue weighted by Gasteiger charge is 2.30. The summed E-state index contributed by atoms with van der Waals surface area (Å²) >= 11 is 5.94. The summed E-state index contributed by atoms with van der Waals surface area (Å²) < 4.78 is 25.0. The Kier molecular flexibility index (Phi) is 6.60. The van der Waals surface area contributed by atoms with Crippen LogP contribution in [0.1, 0.15) is 29.8 Å². The van der Waals surface area contributed by atoms with Gasteiger partial charge in [-0.25, -0.2) is 9.18 Å². The third-order valence-corrected chi connectivity index (χ3v) is 4.94. The van der Waals surface area contributed by atoms with Crippen molar-refractivity contribution >= 4 is 34.0 Å². The number of fused-ring (bicyclic) bond motifs is 2. The van der Waals surface area contributed by atoms with Gasteiger partial charge in [-0.1, -0.05) is 61.8 Å². The van der Waals surface area contributed by atoms with Crippen molar-refractivity contribution in [2.24, 2.45) is 0 Å². The molecule has 0 fully saturated rings. The van der Waals surface area contributed by atoms with E-state index in [-0.39, 0.29) is 10.6 Å². The third-order valence-electron chi connectivity index (χ3n) is 4.67. The van der Waals surface area contributed by atoms with Crippen molar-refractivity contribution in [1.82, 2.24) is 0 Å². The molecule has 4 nitrogen and oxygen atoms in total. The number of rotatable bonds is 3. The van der Waals surface area contributed by atoms with Crippen LogP contribution in [0.5, 0.6) is 5.75 Å². The van der Waals surface area contributed by atoms with Gasteiger partial charge in [0.05, 0.1) is 24.4 Å². The molecule has 1 heterocycles. The Morgan fingerprint density at radius 2 is 1.90 bits per heavy atom. The van der Waals surface area contributed by atoms with Crippen molar-refractivity contribution in [3.63, 3.8) is 0 Å². The van der Waals surface area contributed by atoms with Gasteiger partial charge in [-0.2, -0.15) is 0 Å². The Labute approximate surface area is 174 Å². The van der Waals surface area contributed by atoms with Crippen LogP contribution in [-0.4, -0.2) is 26.2 Å². The van der Waals surface area contributed by atoms with E-state index in [1.165, 1.54) is 13.2 Å². The first-order valence-electron chi connectivity index (χ1n) is 9.54. The van der Waals surface area contributed by atoms with E-state index in [9.17, 15) is 9.18 Å². The summed E-state index contributed by atoms with van der Waals surface area (Å²) in [6, 6.07) is 15.7. The van der Waals surface area contributed by atoms with E-state index in [1.54, 1.807) is 0 Å². The van der Waals surface area contributed by atoms with Gasteiger partial charge in [0.25, 0.3) is 0 Å². The Bertz CT molecular complexity index is 1040. The number of ether oxygens (including phenoxy) is 2. The fourth-order valence-electron chi connectivity index (χ4n) is 3.40. The van der Waals surface area contributed by atoms with Gasteiger partial charge in [0.15, 0.2) is 5.82 Å². The topological polar surface area (TPSA) is 38.8 Å². The number of methoxy groups -OCH3 is 1. The fourth-order valence-corrected chi connectivity index (χ4v) is 3.59. The molecule has 6 heteroatoms. The summed E-state index contributed by atoms with van der Waals surface area (Å²) in [5.41, 5.74) is 1.23. The van der Waals surface area contributed by atoms with Crippen molar-refractivity contribution in [3.05, 3.63) is 70.5 Å². The molecule has 0 aromatic heterocycles. The van der Waals surface area contributed by atoms with E-state index >= 15 is 0 Å². The van der Waals surface area contributed by atoms with Crippen LogP contribution in [-0.2, 0) is 11.3 Å². The number of benzene rings is 3. The number of hydrogen-bond donors (Lipinski definition) is 0. The standard InChI is InChI=1S/C21H17ClFNO3.C2H6/c1-26-21(25)18-19(23)16(22)11-17-20(18)24(8-9-27-17)12-13-6-7-14-4-2-3-5-15(14)10-13;1-2/h2-7,10-11H,8-9,12H2,1H3;1-2H3. The maximum atomic E-state index is 14.6. The summed E-state index contributed by atoms with van der Waals surface area (Å²) in [7, 11) is 1.21. The van der Waals surface area contributed by atoms with Gasteiger partial charge in [-0.15, -0.1) is 0 Å². The van der Waals surface area contributed by atoms with Crippen molar-refractivity contribution in [3.8, 4) is 5.75 Å². The Morgan fingerprint density at radius 3 is 2.62 bits per heavy atom. The Balaban J connectivity index is 0.00000117. The van der Waals surface area contributed by atoms with Crippen molar-refractivity contribution in [2.45, 2.75) is 20.4 Å². The quantitative estimate of drug-likeness (QED) is 0.503. The van der Waals surface area contributed by atoms with E-state index in [2.05, 4.69) is 18.2 Å². The van der Waals surface area contributed by atoms with E-state index < -0.39 is 11.8 Å². The molecule has 0 amide bonds. The molecule has 1 aliphatic rings. The lowest BCUT2D eigenvalue weighted by atomic mass is 10.0. The van der Waals surface area contributed by atoms with Gasteiger partial charge in [0.2, 0.25) is 0 Å². The number of hydrogen-bond acceptors (Lipinski definition) is 4. The zero-order valence-corrected chi connectivity index (χ0v) is 17.4. The van der Waals surface area contributed by atoms with E-state index in [4.69, 9.17) is 21.1 Å². The lowest BCUT2D eigenvalue weighted by Gasteiger charge is -2.33. The second kappa shape index (κ2) is 9.14. The maximum absolute atomic E-state index is 14.6. The summed E-state index contributed by atoms with van der Waals surface area (Å²) in [5, 5.41) is 2.11. The molecule has 0 spiro atoms. The zero-order chi connectivity index (χ0) is 21.0. The van der Waals surface area contributed by atoms with Crippen molar-refractivity contribution in [1.29, 1.82) is 0 Å². The number of carbonyl (C=O) groups excluding carboxylic acids is 1. The smallest absolute Gasteiger partial charge is 0.343 e. The summed E-state index contributed by atoms with van der Waals surface area (Å²) in [6.45, 7) is 5.44. The molecule has 0 aliphatic carbocycles. The van der Waals surface area contributed by atoms with Gasteiger partial charge >= 0.3 is 5.97 Å². The average Bonchev–Trinajstić information content (AvgIpc) is 2.76. The molecule has 0 unspecified atom stereocenters. The minimum atomic E-state index is -0.795. The first-order chi connectivity index (χ1) is 14.1. The fraction of sp³-hybridized carbons (Fsp3) is 0.261. The molecule has 152 valence electrons. The summed E-state index contributed by atoms with van der Waals surface area (Å²) in [6.07, 6.45) is 0. The largest absolute Gasteiger partial charge is 0.489 e. The van der Waals surface area contributed by atoms with Gasteiger partial charge in [0.1, 0.15) is 17.9 Å². The summed E-state index contributed by atoms with van der Waals surface area (Å²) in [4.78, 5) is 14.2. The van der Waals surface area contributed by atoms with Gasteiger partial charge in [-0.3, -0.25) is 0 Å². The minimum Gasteiger partial charge on any atom is -0.489 e. The first-order valence-corrected chi connectivity index (χ1v) is 9.92. The number of halogens is 2. The highest BCUT2D eigenvalue weighted by Crippen LogP contribution is 2.41. The van der Waals surface area contributed by atoms with Crippen LogP contribution >= 0.6 is 11.6 Å². The molecule has 3 aromatic carbocycles. The van der Waals surface area contributed by atoms with Crippen LogP contribution in [0, 0.1) is 5.82 Å². The number of carbonyl (C=O) groups is 1. The second-order valence-electron chi connectivity index (χ2n) is 6.34. The molecule has 0 saturated heterocycles. The Morgan fingerprint density at radius 1 is 1.17 bits per heavy atom. The Hall–Kier alpha value is -2.79. The molecule has 0 radical (unpaired) electrons. The predicted molar refractivity (Wildman–Crippen MR) is 115 cm³/mol. The monoisotopic (exact) mass is 415 g/mol. The van der Waals surface area contributed by atoms with Gasteiger partial charge in [0, 0.05) is 12.6 Å². The zero-order valence-electron chi connectivity index (χ0n) is 16.7. The van der Waals surface area contributed by atoms with Crippen LogP contribution in [0.15, 0.2) is 48.5 Å². The molecule has 29 heavy (non-hydrogen) atoms. The molecular formula is C23H23ClFNO3. The molecular weight excluding hydrogens is 393 g/mol. The van der Waals surface area contributed by atoms with E-state index in [0.717, 1.165) is 16.3 Å². The SMILES string of the molecule is CC.COC(=O)c1c(F)c(Cl)cc2c1N(Cc1ccc3ccccc3c1)CCO2. The lowest BCUT2D eigenvalue weighted by Crippen LogP contribution is -2.34. The average molecular weight is 416 g/mol. The maximum Gasteiger partial charge on any atom is 0.343 e. The minimum absolute atomic E-state index is 0.165. The van der Waals surface area contributed by atoms with E-state index in [0.29, 0.717) is 31.1 Å². The van der Waals surface area contributed by atoms with Gasteiger partial charge < -0.3 is 14.4 Å². The molecule has 1 aliphatic heterocycles. The first kappa shape index (κ1) is 20.9. The highest BCUT2D eigenvalue weighted by atomic mass is 35.5.